The number of para-hydroxylation sites is 1. The van der Waals surface area contributed by atoms with Crippen molar-refractivity contribution in [1.29, 1.82) is 5.26 Å². The number of methoxy groups -OCH3 is 1. The van der Waals surface area contributed by atoms with Crippen LogP contribution in [0.2, 0.25) is 0 Å². The molecule has 0 aliphatic carbocycles. The summed E-state index contributed by atoms with van der Waals surface area (Å²) in [5.41, 5.74) is 1.45. The van der Waals surface area contributed by atoms with Crippen molar-refractivity contribution in [3.8, 4) is 23.3 Å². The normalized spacial score (nSPS) is 9.78. The molecule has 0 amide bonds. The molecule has 0 spiro atoms. The molecule has 0 heterocycles. The van der Waals surface area contributed by atoms with Gasteiger partial charge in [-0.25, -0.2) is 4.79 Å². The van der Waals surface area contributed by atoms with Gasteiger partial charge in [-0.05, 0) is 30.2 Å². The molecule has 118 valence electrons. The minimum Gasteiger partial charge on any atom is -0.493 e. The van der Waals surface area contributed by atoms with Gasteiger partial charge in [0, 0.05) is 6.07 Å². The van der Waals surface area contributed by atoms with Crippen molar-refractivity contribution in [3.05, 3.63) is 53.6 Å². The number of ether oxygens (including phenoxy) is 3. The summed E-state index contributed by atoms with van der Waals surface area (Å²) < 4.78 is 15.9. The first-order valence-corrected chi connectivity index (χ1v) is 7.17. The van der Waals surface area contributed by atoms with Gasteiger partial charge < -0.3 is 14.2 Å². The Morgan fingerprint density at radius 3 is 2.61 bits per heavy atom. The van der Waals surface area contributed by atoms with Crippen molar-refractivity contribution in [3.63, 3.8) is 0 Å². The third-order valence-corrected chi connectivity index (χ3v) is 3.22. The van der Waals surface area contributed by atoms with Crippen LogP contribution in [-0.2, 0) is 11.2 Å². The predicted molar refractivity (Wildman–Crippen MR) is 84.7 cm³/mol. The topological polar surface area (TPSA) is 68.5 Å². The molecule has 5 nitrogen and oxygen atoms in total. The van der Waals surface area contributed by atoms with Crippen LogP contribution in [0.25, 0.3) is 0 Å². The Bertz CT molecular complexity index is 734. The summed E-state index contributed by atoms with van der Waals surface area (Å²) in [7, 11) is 1.45. The van der Waals surface area contributed by atoms with Crippen LogP contribution >= 0.6 is 0 Å². The van der Waals surface area contributed by atoms with Crippen molar-refractivity contribution in [2.45, 2.75) is 13.3 Å². The molecule has 5 heteroatoms. The van der Waals surface area contributed by atoms with Gasteiger partial charge in [0.2, 0.25) is 0 Å². The van der Waals surface area contributed by atoms with Gasteiger partial charge in [-0.1, -0.05) is 25.1 Å². The highest BCUT2D eigenvalue weighted by Crippen LogP contribution is 2.28. The van der Waals surface area contributed by atoms with Gasteiger partial charge in [0.1, 0.15) is 5.75 Å². The van der Waals surface area contributed by atoms with E-state index in [0.717, 1.165) is 12.0 Å². The van der Waals surface area contributed by atoms with E-state index in [0.29, 0.717) is 17.1 Å². The average Bonchev–Trinajstić information content (AvgIpc) is 2.60. The summed E-state index contributed by atoms with van der Waals surface area (Å²) in [5.74, 6) is 0.702. The average molecular weight is 311 g/mol. The van der Waals surface area contributed by atoms with E-state index in [4.69, 9.17) is 19.5 Å². The van der Waals surface area contributed by atoms with Crippen molar-refractivity contribution in [2.75, 3.05) is 13.7 Å². The molecule has 0 aromatic heterocycles. The number of esters is 1. The van der Waals surface area contributed by atoms with E-state index >= 15 is 0 Å². The maximum Gasteiger partial charge on any atom is 0.349 e. The predicted octanol–water partition coefficient (Wildman–Crippen LogP) is 3.11. The Balaban J connectivity index is 2.01. The molecule has 0 atom stereocenters. The molecule has 2 aromatic carbocycles. The van der Waals surface area contributed by atoms with E-state index in [1.807, 2.05) is 37.3 Å². The summed E-state index contributed by atoms with van der Waals surface area (Å²) in [4.78, 5) is 11.9. The zero-order valence-electron chi connectivity index (χ0n) is 13.0. The Kier molecular flexibility index (Phi) is 5.59. The molecule has 23 heavy (non-hydrogen) atoms. The maximum absolute atomic E-state index is 11.9. The fourth-order valence-corrected chi connectivity index (χ4v) is 2.05. The zero-order chi connectivity index (χ0) is 16.7. The number of nitriles is 1. The summed E-state index contributed by atoms with van der Waals surface area (Å²) in [5, 5.41) is 8.86. The Morgan fingerprint density at radius 2 is 1.91 bits per heavy atom. The summed E-state index contributed by atoms with van der Waals surface area (Å²) in [6, 6.07) is 14.1. The number of rotatable bonds is 6. The SMILES string of the molecule is CCc1ccccc1OCC(=O)Oc1ccc(C#N)cc1OC. The molecule has 0 unspecified atom stereocenters. The van der Waals surface area contributed by atoms with Gasteiger partial charge in [0.15, 0.2) is 18.1 Å². The monoisotopic (exact) mass is 311 g/mol. The lowest BCUT2D eigenvalue weighted by molar-refractivity contribution is -0.136. The first kappa shape index (κ1) is 16.4. The molecule has 2 rings (SSSR count). The van der Waals surface area contributed by atoms with Gasteiger partial charge >= 0.3 is 5.97 Å². The molecule has 0 bridgehead atoms. The van der Waals surface area contributed by atoms with Gasteiger partial charge in [0.25, 0.3) is 0 Å². The van der Waals surface area contributed by atoms with E-state index in [1.54, 1.807) is 6.07 Å². The van der Waals surface area contributed by atoms with E-state index < -0.39 is 5.97 Å². The summed E-state index contributed by atoms with van der Waals surface area (Å²) in [6.45, 7) is 1.81. The highest BCUT2D eigenvalue weighted by molar-refractivity contribution is 5.75. The number of benzene rings is 2. The Labute approximate surface area is 135 Å². The van der Waals surface area contributed by atoms with Crippen molar-refractivity contribution < 1.29 is 19.0 Å². The number of carbonyl (C=O) groups is 1. The highest BCUT2D eigenvalue weighted by Gasteiger charge is 2.12. The maximum atomic E-state index is 11.9. The lowest BCUT2D eigenvalue weighted by atomic mass is 10.1. The number of aryl methyl sites for hydroxylation is 1. The molecule has 0 saturated heterocycles. The second kappa shape index (κ2) is 7.85. The van der Waals surface area contributed by atoms with Crippen molar-refractivity contribution in [2.24, 2.45) is 0 Å². The molecule has 0 aliphatic rings. The fraction of sp³-hybridized carbons (Fsp3) is 0.222. The van der Waals surface area contributed by atoms with E-state index in [9.17, 15) is 4.79 Å². The number of hydrogen-bond acceptors (Lipinski definition) is 5. The largest absolute Gasteiger partial charge is 0.493 e. The van der Waals surface area contributed by atoms with Gasteiger partial charge in [0.05, 0.1) is 18.7 Å². The van der Waals surface area contributed by atoms with E-state index in [1.165, 1.54) is 19.2 Å². The van der Waals surface area contributed by atoms with Crippen LogP contribution < -0.4 is 14.2 Å². The Morgan fingerprint density at radius 1 is 1.13 bits per heavy atom. The number of carbonyl (C=O) groups excluding carboxylic acids is 1. The van der Waals surface area contributed by atoms with Crippen LogP contribution in [0.15, 0.2) is 42.5 Å². The third-order valence-electron chi connectivity index (χ3n) is 3.22. The van der Waals surface area contributed by atoms with Gasteiger partial charge in [-0.15, -0.1) is 0 Å². The van der Waals surface area contributed by atoms with Crippen LogP contribution in [0.4, 0.5) is 0 Å². The first-order valence-electron chi connectivity index (χ1n) is 7.17. The molecule has 0 aliphatic heterocycles. The smallest absolute Gasteiger partial charge is 0.349 e. The third kappa shape index (κ3) is 4.24. The summed E-state index contributed by atoms with van der Waals surface area (Å²) >= 11 is 0. The molecule has 0 radical (unpaired) electrons. The summed E-state index contributed by atoms with van der Waals surface area (Å²) in [6.07, 6.45) is 0.814. The van der Waals surface area contributed by atoms with Crippen LogP contribution in [-0.4, -0.2) is 19.7 Å². The van der Waals surface area contributed by atoms with Crippen LogP contribution in [0.3, 0.4) is 0 Å². The van der Waals surface area contributed by atoms with Crippen molar-refractivity contribution in [1.82, 2.24) is 0 Å². The number of hydrogen-bond donors (Lipinski definition) is 0. The standard InChI is InChI=1S/C18H17NO4/c1-3-14-6-4-5-7-15(14)22-12-18(20)23-16-9-8-13(11-19)10-17(16)21-2/h4-10H,3,12H2,1-2H3. The minimum absolute atomic E-state index is 0.208. The molecule has 2 aromatic rings. The lowest BCUT2D eigenvalue weighted by Crippen LogP contribution is -2.18. The molecular weight excluding hydrogens is 294 g/mol. The van der Waals surface area contributed by atoms with Crippen LogP contribution in [0.1, 0.15) is 18.1 Å². The van der Waals surface area contributed by atoms with E-state index in [2.05, 4.69) is 0 Å². The fourth-order valence-electron chi connectivity index (χ4n) is 2.05. The van der Waals surface area contributed by atoms with Crippen molar-refractivity contribution >= 4 is 5.97 Å². The molecular formula is C18H17NO4. The molecule has 0 fully saturated rings. The van der Waals surface area contributed by atoms with Crippen LogP contribution in [0.5, 0.6) is 17.2 Å². The minimum atomic E-state index is -0.543. The quantitative estimate of drug-likeness (QED) is 0.605. The molecule has 0 N–H and O–H groups in total. The van der Waals surface area contributed by atoms with Crippen LogP contribution in [0, 0.1) is 11.3 Å². The highest BCUT2D eigenvalue weighted by atomic mass is 16.6. The number of nitrogens with zero attached hydrogens (tertiary/aromatic N) is 1. The van der Waals surface area contributed by atoms with Gasteiger partial charge in [-0.2, -0.15) is 5.26 Å². The van der Waals surface area contributed by atoms with E-state index in [-0.39, 0.29) is 12.4 Å². The second-order valence-corrected chi connectivity index (χ2v) is 4.70. The Hall–Kier alpha value is -3.00. The molecule has 0 saturated carbocycles. The van der Waals surface area contributed by atoms with Gasteiger partial charge in [-0.3, -0.25) is 0 Å². The first-order chi connectivity index (χ1) is 11.2. The lowest BCUT2D eigenvalue weighted by Gasteiger charge is -2.11. The second-order valence-electron chi connectivity index (χ2n) is 4.70. The zero-order valence-corrected chi connectivity index (χ0v) is 13.0.